The highest BCUT2D eigenvalue weighted by Gasteiger charge is 2.23. The van der Waals surface area contributed by atoms with E-state index in [-0.39, 0.29) is 17.7 Å². The zero-order valence-corrected chi connectivity index (χ0v) is 19.0. The molecule has 0 fully saturated rings. The van der Waals surface area contributed by atoms with Crippen molar-refractivity contribution in [2.45, 2.75) is 46.5 Å². The molecule has 1 amide bonds. The number of carbonyl (C=O) groups excluding carboxylic acids is 1. The highest BCUT2D eigenvalue weighted by Crippen LogP contribution is 2.26. The van der Waals surface area contributed by atoms with Crippen molar-refractivity contribution in [1.82, 2.24) is 29.5 Å². The van der Waals surface area contributed by atoms with Crippen LogP contribution < -0.4 is 5.32 Å². The second-order valence-corrected chi connectivity index (χ2v) is 8.75. The molecule has 4 rings (SSSR count). The van der Waals surface area contributed by atoms with Crippen molar-refractivity contribution in [1.29, 1.82) is 0 Å². The number of amides is 1. The molecule has 0 aliphatic carbocycles. The summed E-state index contributed by atoms with van der Waals surface area (Å²) < 4.78 is 3.45. The normalized spacial score (nSPS) is 11.5. The summed E-state index contributed by atoms with van der Waals surface area (Å²) in [7, 11) is 0. The van der Waals surface area contributed by atoms with Crippen LogP contribution in [0, 0.1) is 13.8 Å². The van der Waals surface area contributed by atoms with Crippen molar-refractivity contribution < 1.29 is 4.79 Å². The van der Waals surface area contributed by atoms with Crippen molar-refractivity contribution in [3.63, 3.8) is 0 Å². The molecule has 0 saturated carbocycles. The summed E-state index contributed by atoms with van der Waals surface area (Å²) in [6, 6.07) is 13.5. The fraction of sp³-hybridized carbons (Fsp3) is 0.292. The van der Waals surface area contributed by atoms with Crippen LogP contribution in [0.5, 0.6) is 0 Å². The molecule has 3 heterocycles. The quantitative estimate of drug-likeness (QED) is 0.519. The number of hydrogen-bond acceptors (Lipinski definition) is 5. The number of anilines is 1. The second-order valence-electron chi connectivity index (χ2n) is 8.75. The molecule has 32 heavy (non-hydrogen) atoms. The fourth-order valence-electron chi connectivity index (χ4n) is 3.49. The van der Waals surface area contributed by atoms with E-state index in [4.69, 9.17) is 0 Å². The van der Waals surface area contributed by atoms with E-state index in [1.54, 1.807) is 23.1 Å². The Kier molecular flexibility index (Phi) is 5.61. The standard InChI is InChI=1S/C24H27N7O/c1-16-19(17(2)30(28-16)18-10-7-6-8-11-18)14-22(32)27-21-15-20(24(3,4)5)29-31(21)23-25-12-9-13-26-23/h6-13,15H,14H2,1-5H3,(H,27,32). The average molecular weight is 430 g/mol. The van der Waals surface area contributed by atoms with Crippen LogP contribution in [0.25, 0.3) is 11.6 Å². The molecule has 1 N–H and O–H groups in total. The van der Waals surface area contributed by atoms with Gasteiger partial charge in [0.15, 0.2) is 0 Å². The summed E-state index contributed by atoms with van der Waals surface area (Å²) in [6.07, 6.45) is 3.50. The van der Waals surface area contributed by atoms with Gasteiger partial charge in [-0.2, -0.15) is 14.9 Å². The van der Waals surface area contributed by atoms with E-state index in [1.165, 1.54) is 0 Å². The minimum Gasteiger partial charge on any atom is -0.310 e. The Balaban J connectivity index is 1.62. The maximum Gasteiger partial charge on any atom is 0.252 e. The molecule has 8 heteroatoms. The van der Waals surface area contributed by atoms with Crippen molar-refractivity contribution in [3.05, 3.63) is 77.5 Å². The molecule has 0 saturated heterocycles. The second kappa shape index (κ2) is 8.37. The van der Waals surface area contributed by atoms with Gasteiger partial charge in [-0.25, -0.2) is 14.6 Å². The third-order valence-corrected chi connectivity index (χ3v) is 5.27. The van der Waals surface area contributed by atoms with Gasteiger partial charge in [-0.05, 0) is 32.0 Å². The molecule has 0 spiro atoms. The first-order chi connectivity index (χ1) is 15.2. The number of aryl methyl sites for hydroxylation is 1. The first-order valence-electron chi connectivity index (χ1n) is 10.5. The van der Waals surface area contributed by atoms with Gasteiger partial charge in [0.05, 0.1) is 23.5 Å². The van der Waals surface area contributed by atoms with Crippen LogP contribution in [0.3, 0.4) is 0 Å². The molecule has 0 radical (unpaired) electrons. The summed E-state index contributed by atoms with van der Waals surface area (Å²) in [4.78, 5) is 21.6. The van der Waals surface area contributed by atoms with Gasteiger partial charge in [0.2, 0.25) is 5.91 Å². The van der Waals surface area contributed by atoms with Crippen molar-refractivity contribution in [2.75, 3.05) is 5.32 Å². The van der Waals surface area contributed by atoms with Gasteiger partial charge in [0.1, 0.15) is 5.82 Å². The molecule has 8 nitrogen and oxygen atoms in total. The number of benzene rings is 1. The summed E-state index contributed by atoms with van der Waals surface area (Å²) in [5.74, 6) is 0.792. The van der Waals surface area contributed by atoms with Crippen molar-refractivity contribution in [2.24, 2.45) is 0 Å². The van der Waals surface area contributed by atoms with Crippen LogP contribution in [-0.2, 0) is 16.6 Å². The first-order valence-corrected chi connectivity index (χ1v) is 10.5. The van der Waals surface area contributed by atoms with Crippen molar-refractivity contribution >= 4 is 11.7 Å². The van der Waals surface area contributed by atoms with Gasteiger partial charge >= 0.3 is 0 Å². The number of aromatic nitrogens is 6. The van der Waals surface area contributed by atoms with Gasteiger partial charge in [-0.1, -0.05) is 39.0 Å². The van der Waals surface area contributed by atoms with E-state index in [0.29, 0.717) is 11.8 Å². The fourth-order valence-corrected chi connectivity index (χ4v) is 3.49. The number of para-hydroxylation sites is 1. The summed E-state index contributed by atoms with van der Waals surface area (Å²) in [5.41, 5.74) is 4.29. The molecular weight excluding hydrogens is 402 g/mol. The Labute approximate surface area is 187 Å². The number of nitrogens with zero attached hydrogens (tertiary/aromatic N) is 6. The third-order valence-electron chi connectivity index (χ3n) is 5.27. The lowest BCUT2D eigenvalue weighted by atomic mass is 9.92. The summed E-state index contributed by atoms with van der Waals surface area (Å²) in [5, 5.41) is 12.3. The molecule has 0 unspecified atom stereocenters. The minimum absolute atomic E-state index is 0.152. The van der Waals surface area contributed by atoms with E-state index in [2.05, 4.69) is 46.3 Å². The lowest BCUT2D eigenvalue weighted by Crippen LogP contribution is -2.18. The van der Waals surface area contributed by atoms with Gasteiger partial charge in [0, 0.05) is 35.1 Å². The molecule has 0 aliphatic heterocycles. The Morgan fingerprint density at radius 3 is 2.31 bits per heavy atom. The minimum atomic E-state index is -0.191. The number of rotatable bonds is 5. The molecule has 164 valence electrons. The molecule has 0 atom stereocenters. The Morgan fingerprint density at radius 2 is 1.66 bits per heavy atom. The zero-order chi connectivity index (χ0) is 22.9. The van der Waals surface area contributed by atoms with Gasteiger partial charge in [0.25, 0.3) is 5.95 Å². The van der Waals surface area contributed by atoms with Crippen LogP contribution in [0.2, 0.25) is 0 Å². The third kappa shape index (κ3) is 4.30. The van der Waals surface area contributed by atoms with Crippen LogP contribution in [-0.4, -0.2) is 35.4 Å². The average Bonchev–Trinajstić information content (AvgIpc) is 3.31. The molecule has 0 aliphatic rings. The van der Waals surface area contributed by atoms with Crippen LogP contribution >= 0.6 is 0 Å². The van der Waals surface area contributed by atoms with E-state index in [1.807, 2.05) is 54.9 Å². The lowest BCUT2D eigenvalue weighted by molar-refractivity contribution is -0.115. The molecular formula is C24H27N7O. The zero-order valence-electron chi connectivity index (χ0n) is 19.0. The number of nitrogens with one attached hydrogen (secondary N) is 1. The molecule has 1 aromatic carbocycles. The highest BCUT2D eigenvalue weighted by atomic mass is 16.1. The predicted octanol–water partition coefficient (Wildman–Crippen LogP) is 3.94. The highest BCUT2D eigenvalue weighted by molar-refractivity contribution is 5.92. The molecule has 0 bridgehead atoms. The van der Waals surface area contributed by atoms with E-state index < -0.39 is 0 Å². The number of carbonyl (C=O) groups is 1. The Hall–Kier alpha value is -3.81. The SMILES string of the molecule is Cc1nn(-c2ccccc2)c(C)c1CC(=O)Nc1cc(C(C)(C)C)nn1-c1ncccn1. The maximum atomic E-state index is 13.0. The number of hydrogen-bond donors (Lipinski definition) is 1. The molecule has 4 aromatic rings. The van der Waals surface area contributed by atoms with E-state index >= 15 is 0 Å². The monoisotopic (exact) mass is 429 g/mol. The van der Waals surface area contributed by atoms with Gasteiger partial charge in [-0.3, -0.25) is 4.79 Å². The van der Waals surface area contributed by atoms with Gasteiger partial charge in [-0.15, -0.1) is 0 Å². The predicted molar refractivity (Wildman–Crippen MR) is 123 cm³/mol. The topological polar surface area (TPSA) is 90.5 Å². The lowest BCUT2D eigenvalue weighted by Gasteiger charge is -2.13. The first kappa shape index (κ1) is 21.4. The van der Waals surface area contributed by atoms with Gasteiger partial charge < -0.3 is 5.32 Å². The van der Waals surface area contributed by atoms with Crippen molar-refractivity contribution in [3.8, 4) is 11.6 Å². The van der Waals surface area contributed by atoms with E-state index in [0.717, 1.165) is 28.3 Å². The smallest absolute Gasteiger partial charge is 0.252 e. The van der Waals surface area contributed by atoms with Crippen LogP contribution in [0.1, 0.15) is 43.4 Å². The largest absolute Gasteiger partial charge is 0.310 e. The summed E-state index contributed by atoms with van der Waals surface area (Å²) in [6.45, 7) is 10.1. The Bertz CT molecular complexity index is 1230. The summed E-state index contributed by atoms with van der Waals surface area (Å²) >= 11 is 0. The maximum absolute atomic E-state index is 13.0. The Morgan fingerprint density at radius 1 is 0.969 bits per heavy atom. The van der Waals surface area contributed by atoms with E-state index in [9.17, 15) is 4.79 Å². The van der Waals surface area contributed by atoms with Crippen LogP contribution in [0.4, 0.5) is 5.82 Å². The molecule has 3 aromatic heterocycles. The van der Waals surface area contributed by atoms with Crippen LogP contribution in [0.15, 0.2) is 54.9 Å².